The second kappa shape index (κ2) is 4.87. The van der Waals surface area contributed by atoms with Gasteiger partial charge in [-0.05, 0) is 41.9 Å². The van der Waals surface area contributed by atoms with E-state index in [1.807, 2.05) is 13.8 Å². The summed E-state index contributed by atoms with van der Waals surface area (Å²) < 4.78 is 24.2. The molecule has 0 spiro atoms. The van der Waals surface area contributed by atoms with Crippen molar-refractivity contribution in [1.82, 2.24) is 5.16 Å². The predicted molar refractivity (Wildman–Crippen MR) is 64.4 cm³/mol. The van der Waals surface area contributed by atoms with E-state index in [1.165, 1.54) is 6.07 Å². The molecule has 17 heavy (non-hydrogen) atoms. The Kier molecular flexibility index (Phi) is 3.47. The fourth-order valence-electron chi connectivity index (χ4n) is 1.43. The van der Waals surface area contributed by atoms with Crippen LogP contribution in [0.4, 0.5) is 4.39 Å². The molecule has 0 saturated heterocycles. The zero-order valence-electron chi connectivity index (χ0n) is 9.46. The number of aromatic nitrogens is 1. The van der Waals surface area contributed by atoms with Crippen molar-refractivity contribution in [2.24, 2.45) is 0 Å². The zero-order chi connectivity index (χ0) is 12.4. The Morgan fingerprint density at radius 2 is 2.18 bits per heavy atom. The van der Waals surface area contributed by atoms with Gasteiger partial charge in [0.1, 0.15) is 23.9 Å². The van der Waals surface area contributed by atoms with Crippen molar-refractivity contribution in [2.45, 2.75) is 20.5 Å². The molecular formula is C12H11BrFNO2. The fraction of sp³-hybridized carbons (Fsp3) is 0.250. The van der Waals surface area contributed by atoms with E-state index in [0.29, 0.717) is 16.8 Å². The number of hydrogen-bond donors (Lipinski definition) is 0. The van der Waals surface area contributed by atoms with Crippen LogP contribution in [-0.2, 0) is 6.61 Å². The Labute approximate surface area is 107 Å². The summed E-state index contributed by atoms with van der Waals surface area (Å²) in [6, 6.07) is 4.64. The quantitative estimate of drug-likeness (QED) is 0.865. The van der Waals surface area contributed by atoms with Crippen molar-refractivity contribution in [3.8, 4) is 5.75 Å². The molecule has 1 aromatic heterocycles. The van der Waals surface area contributed by atoms with Gasteiger partial charge in [-0.25, -0.2) is 4.39 Å². The van der Waals surface area contributed by atoms with Gasteiger partial charge in [0.05, 0.1) is 15.7 Å². The molecule has 0 amide bonds. The molecule has 0 fully saturated rings. The van der Waals surface area contributed by atoms with Crippen molar-refractivity contribution in [1.29, 1.82) is 0 Å². The van der Waals surface area contributed by atoms with E-state index in [9.17, 15) is 4.39 Å². The van der Waals surface area contributed by atoms with Crippen molar-refractivity contribution in [2.75, 3.05) is 0 Å². The molecule has 0 saturated carbocycles. The summed E-state index contributed by atoms with van der Waals surface area (Å²) in [4.78, 5) is 0. The fourth-order valence-corrected chi connectivity index (χ4v) is 1.68. The predicted octanol–water partition coefficient (Wildman–Crippen LogP) is 3.77. The largest absolute Gasteiger partial charge is 0.489 e. The Balaban J connectivity index is 2.10. The first-order valence-corrected chi connectivity index (χ1v) is 5.87. The van der Waals surface area contributed by atoms with Crippen LogP contribution < -0.4 is 4.74 Å². The summed E-state index contributed by atoms with van der Waals surface area (Å²) >= 11 is 3.09. The summed E-state index contributed by atoms with van der Waals surface area (Å²) in [5.41, 5.74) is 1.69. The summed E-state index contributed by atoms with van der Waals surface area (Å²) in [7, 11) is 0. The molecule has 90 valence electrons. The van der Waals surface area contributed by atoms with Crippen molar-refractivity contribution < 1.29 is 13.7 Å². The summed E-state index contributed by atoms with van der Waals surface area (Å²) in [6.45, 7) is 3.99. The second-order valence-corrected chi connectivity index (χ2v) is 4.52. The third kappa shape index (κ3) is 2.66. The molecule has 0 unspecified atom stereocenters. The average molecular weight is 300 g/mol. The van der Waals surface area contributed by atoms with E-state index in [4.69, 9.17) is 9.26 Å². The van der Waals surface area contributed by atoms with Gasteiger partial charge in [-0.2, -0.15) is 0 Å². The molecule has 0 bridgehead atoms. The van der Waals surface area contributed by atoms with Crippen LogP contribution in [0.3, 0.4) is 0 Å². The van der Waals surface area contributed by atoms with E-state index in [-0.39, 0.29) is 5.82 Å². The van der Waals surface area contributed by atoms with Gasteiger partial charge in [0.2, 0.25) is 0 Å². The van der Waals surface area contributed by atoms with E-state index in [1.54, 1.807) is 12.1 Å². The van der Waals surface area contributed by atoms with Gasteiger partial charge < -0.3 is 9.26 Å². The SMILES string of the molecule is Cc1noc(C)c1COc1ccc(Br)c(F)c1. The number of aryl methyl sites for hydroxylation is 2. The van der Waals surface area contributed by atoms with E-state index in [0.717, 1.165) is 17.0 Å². The number of rotatable bonds is 3. The molecule has 0 N–H and O–H groups in total. The first kappa shape index (κ1) is 12.1. The third-order valence-corrected chi connectivity index (χ3v) is 3.10. The molecule has 0 atom stereocenters. The summed E-state index contributed by atoms with van der Waals surface area (Å²) in [6.07, 6.45) is 0. The van der Waals surface area contributed by atoms with Crippen molar-refractivity contribution >= 4 is 15.9 Å². The molecule has 1 aromatic carbocycles. The van der Waals surface area contributed by atoms with Crippen molar-refractivity contribution in [3.63, 3.8) is 0 Å². The molecule has 5 heteroatoms. The summed E-state index contributed by atoms with van der Waals surface area (Å²) in [5, 5.41) is 3.82. The van der Waals surface area contributed by atoms with Crippen molar-refractivity contribution in [3.05, 3.63) is 45.5 Å². The molecular weight excluding hydrogens is 289 g/mol. The van der Waals surface area contributed by atoms with E-state index < -0.39 is 0 Å². The van der Waals surface area contributed by atoms with Crippen LogP contribution in [0.25, 0.3) is 0 Å². The molecule has 0 aliphatic carbocycles. The smallest absolute Gasteiger partial charge is 0.141 e. The second-order valence-electron chi connectivity index (χ2n) is 3.67. The summed E-state index contributed by atoms with van der Waals surface area (Å²) in [5.74, 6) is 0.854. The van der Waals surface area contributed by atoms with Crippen LogP contribution in [0.2, 0.25) is 0 Å². The molecule has 2 aromatic rings. The van der Waals surface area contributed by atoms with Gasteiger partial charge in [0, 0.05) is 6.07 Å². The lowest BCUT2D eigenvalue weighted by Crippen LogP contribution is -1.98. The number of hydrogen-bond acceptors (Lipinski definition) is 3. The van der Waals surface area contributed by atoms with Crippen LogP contribution in [0.1, 0.15) is 17.0 Å². The maximum absolute atomic E-state index is 13.2. The van der Waals surface area contributed by atoms with Gasteiger partial charge in [0.25, 0.3) is 0 Å². The molecule has 2 rings (SSSR count). The Hall–Kier alpha value is -1.36. The van der Waals surface area contributed by atoms with Crippen LogP contribution in [-0.4, -0.2) is 5.16 Å². The minimum absolute atomic E-state index is 0.322. The van der Waals surface area contributed by atoms with Crippen LogP contribution >= 0.6 is 15.9 Å². The van der Waals surface area contributed by atoms with Gasteiger partial charge >= 0.3 is 0 Å². The van der Waals surface area contributed by atoms with E-state index >= 15 is 0 Å². The Morgan fingerprint density at radius 3 is 2.76 bits per heavy atom. The first-order valence-electron chi connectivity index (χ1n) is 5.07. The van der Waals surface area contributed by atoms with Gasteiger partial charge in [-0.15, -0.1) is 0 Å². The monoisotopic (exact) mass is 299 g/mol. The average Bonchev–Trinajstić information content (AvgIpc) is 2.61. The highest BCUT2D eigenvalue weighted by atomic mass is 79.9. The number of ether oxygens (including phenoxy) is 1. The maximum Gasteiger partial charge on any atom is 0.141 e. The number of nitrogens with zero attached hydrogens (tertiary/aromatic N) is 1. The van der Waals surface area contributed by atoms with Gasteiger partial charge in [-0.3, -0.25) is 0 Å². The Morgan fingerprint density at radius 1 is 1.41 bits per heavy atom. The lowest BCUT2D eigenvalue weighted by atomic mass is 10.2. The van der Waals surface area contributed by atoms with Crippen LogP contribution in [0, 0.1) is 19.7 Å². The Bertz CT molecular complexity index is 520. The minimum Gasteiger partial charge on any atom is -0.489 e. The van der Waals surface area contributed by atoms with Gasteiger partial charge in [0.15, 0.2) is 0 Å². The zero-order valence-corrected chi connectivity index (χ0v) is 11.0. The maximum atomic E-state index is 13.2. The lowest BCUT2D eigenvalue weighted by molar-refractivity contribution is 0.300. The molecule has 0 aliphatic rings. The lowest BCUT2D eigenvalue weighted by Gasteiger charge is -2.06. The molecule has 3 nitrogen and oxygen atoms in total. The third-order valence-electron chi connectivity index (χ3n) is 2.46. The highest BCUT2D eigenvalue weighted by Gasteiger charge is 2.10. The highest BCUT2D eigenvalue weighted by molar-refractivity contribution is 9.10. The normalized spacial score (nSPS) is 10.6. The molecule has 0 radical (unpaired) electrons. The highest BCUT2D eigenvalue weighted by Crippen LogP contribution is 2.22. The standard InChI is InChI=1S/C12H11BrFNO2/c1-7-10(8(2)17-15-7)6-16-9-3-4-11(13)12(14)5-9/h3-5H,6H2,1-2H3. The number of halogens is 2. The minimum atomic E-state index is -0.346. The van der Waals surface area contributed by atoms with Crippen LogP contribution in [0.15, 0.2) is 27.2 Å². The first-order chi connectivity index (χ1) is 8.08. The molecule has 1 heterocycles. The van der Waals surface area contributed by atoms with Crippen LogP contribution in [0.5, 0.6) is 5.75 Å². The van der Waals surface area contributed by atoms with Gasteiger partial charge in [-0.1, -0.05) is 5.16 Å². The number of benzene rings is 1. The van der Waals surface area contributed by atoms with E-state index in [2.05, 4.69) is 21.1 Å². The topological polar surface area (TPSA) is 35.3 Å². The molecule has 0 aliphatic heterocycles.